The van der Waals surface area contributed by atoms with Crippen molar-refractivity contribution in [2.75, 3.05) is 13.2 Å². The molecule has 0 aromatic rings. The van der Waals surface area contributed by atoms with Gasteiger partial charge in [0, 0.05) is 12.8 Å². The van der Waals surface area contributed by atoms with E-state index in [1.54, 1.807) is 0 Å². The van der Waals surface area contributed by atoms with Crippen molar-refractivity contribution >= 4 is 11.9 Å². The van der Waals surface area contributed by atoms with Crippen molar-refractivity contribution in [3.63, 3.8) is 0 Å². The van der Waals surface area contributed by atoms with Crippen LogP contribution in [0.4, 0.5) is 0 Å². The molecule has 0 saturated carbocycles. The number of aliphatic hydroxyl groups excluding tert-OH is 1. The summed E-state index contributed by atoms with van der Waals surface area (Å²) in [6.07, 6.45) is 69.1. The summed E-state index contributed by atoms with van der Waals surface area (Å²) >= 11 is 0. The maximum absolute atomic E-state index is 12.3. The summed E-state index contributed by atoms with van der Waals surface area (Å²) in [4.78, 5) is 24.4. The Labute approximate surface area is 379 Å². The van der Waals surface area contributed by atoms with Gasteiger partial charge in [0.1, 0.15) is 6.61 Å². The highest BCUT2D eigenvalue weighted by atomic mass is 16.6. The van der Waals surface area contributed by atoms with Crippen LogP contribution >= 0.6 is 0 Å². The number of ether oxygens (including phenoxy) is 2. The lowest BCUT2D eigenvalue weighted by molar-refractivity contribution is -0.161. The highest BCUT2D eigenvalue weighted by molar-refractivity contribution is 5.70. The molecule has 0 bridgehead atoms. The minimum absolute atomic E-state index is 0.0679. The summed E-state index contributed by atoms with van der Waals surface area (Å²) in [5.74, 6) is -0.591. The fourth-order valence-corrected chi connectivity index (χ4v) is 7.60. The standard InChI is InChI=1S/C56H100O5/c1-3-5-7-9-11-13-15-17-19-20-21-22-23-24-25-26-27-28-29-30-31-32-33-34-35-36-37-39-41-43-45-47-49-51-56(59)61-54(52-57)53-60-55(58)50-48-46-44-42-40-38-18-16-14-12-10-8-6-4-2/h5,7,11,13,16-19,21-22,54,57H,3-4,6,8-10,12,14-15,20,23-53H2,1-2H3/b7-5-,13-11-,18-16-,19-17-,22-21-. The Hall–Kier alpha value is -2.40. The summed E-state index contributed by atoms with van der Waals surface area (Å²) < 4.78 is 10.7. The molecule has 0 rings (SSSR count). The number of unbranched alkanes of at least 4 members (excludes halogenated alkanes) is 30. The largest absolute Gasteiger partial charge is 0.462 e. The van der Waals surface area contributed by atoms with Crippen molar-refractivity contribution in [3.8, 4) is 0 Å². The number of carbonyl (C=O) groups is 2. The second-order valence-corrected chi connectivity index (χ2v) is 17.6. The van der Waals surface area contributed by atoms with E-state index in [0.29, 0.717) is 12.8 Å². The van der Waals surface area contributed by atoms with Crippen LogP contribution in [-0.4, -0.2) is 36.4 Å². The van der Waals surface area contributed by atoms with Gasteiger partial charge >= 0.3 is 11.9 Å². The number of hydrogen-bond donors (Lipinski definition) is 1. The number of allylic oxidation sites excluding steroid dienone is 10. The van der Waals surface area contributed by atoms with Gasteiger partial charge in [-0.1, -0.05) is 235 Å². The van der Waals surface area contributed by atoms with Crippen molar-refractivity contribution in [3.05, 3.63) is 60.8 Å². The number of rotatable bonds is 48. The van der Waals surface area contributed by atoms with Gasteiger partial charge in [-0.15, -0.1) is 0 Å². The molecule has 0 radical (unpaired) electrons. The molecule has 5 nitrogen and oxygen atoms in total. The quantitative estimate of drug-likeness (QED) is 0.0375. The maximum atomic E-state index is 12.3. The monoisotopic (exact) mass is 853 g/mol. The summed E-state index contributed by atoms with van der Waals surface area (Å²) in [6.45, 7) is 4.03. The SMILES string of the molecule is CC/C=C\C/C=C\C/C=C\C/C=C\CCCCCCCCCCCCCCCCCCCCCCC(=O)OC(CO)COC(=O)CCCCCCC/C=C\CCCCCCC. The van der Waals surface area contributed by atoms with Crippen LogP contribution in [0.5, 0.6) is 0 Å². The molecule has 1 unspecified atom stereocenters. The van der Waals surface area contributed by atoms with Gasteiger partial charge in [-0.2, -0.15) is 0 Å². The predicted octanol–water partition coefficient (Wildman–Crippen LogP) is 17.5. The first-order valence-corrected chi connectivity index (χ1v) is 26.3. The van der Waals surface area contributed by atoms with Gasteiger partial charge < -0.3 is 14.6 Å². The van der Waals surface area contributed by atoms with Gasteiger partial charge in [0.15, 0.2) is 6.10 Å². The lowest BCUT2D eigenvalue weighted by atomic mass is 10.0. The minimum Gasteiger partial charge on any atom is -0.462 e. The molecule has 0 aliphatic carbocycles. The van der Waals surface area contributed by atoms with E-state index in [1.165, 1.54) is 167 Å². The highest BCUT2D eigenvalue weighted by Gasteiger charge is 2.16. The second kappa shape index (κ2) is 51.9. The molecule has 0 heterocycles. The van der Waals surface area contributed by atoms with Crippen molar-refractivity contribution in [2.24, 2.45) is 0 Å². The molecule has 0 amide bonds. The predicted molar refractivity (Wildman–Crippen MR) is 265 cm³/mol. The topological polar surface area (TPSA) is 72.8 Å². The molecule has 0 aliphatic heterocycles. The molecular weight excluding hydrogens is 753 g/mol. The van der Waals surface area contributed by atoms with Crippen LogP contribution in [0.15, 0.2) is 60.8 Å². The fourth-order valence-electron chi connectivity index (χ4n) is 7.60. The normalized spacial score (nSPS) is 12.6. The van der Waals surface area contributed by atoms with E-state index >= 15 is 0 Å². The number of aliphatic hydroxyl groups is 1. The molecule has 0 saturated heterocycles. The van der Waals surface area contributed by atoms with Crippen LogP contribution in [0.25, 0.3) is 0 Å². The van der Waals surface area contributed by atoms with Gasteiger partial charge in [0.05, 0.1) is 6.61 Å². The van der Waals surface area contributed by atoms with E-state index in [0.717, 1.165) is 70.6 Å². The van der Waals surface area contributed by atoms with Crippen LogP contribution < -0.4 is 0 Å². The smallest absolute Gasteiger partial charge is 0.306 e. The van der Waals surface area contributed by atoms with E-state index in [4.69, 9.17) is 9.47 Å². The van der Waals surface area contributed by atoms with E-state index in [2.05, 4.69) is 74.6 Å². The molecule has 5 heteroatoms. The number of hydrogen-bond acceptors (Lipinski definition) is 5. The Morgan fingerprint density at radius 2 is 0.705 bits per heavy atom. The van der Waals surface area contributed by atoms with E-state index in [9.17, 15) is 14.7 Å². The Balaban J connectivity index is 3.43. The first kappa shape index (κ1) is 58.6. The van der Waals surface area contributed by atoms with Crippen LogP contribution in [0.3, 0.4) is 0 Å². The highest BCUT2D eigenvalue weighted by Crippen LogP contribution is 2.16. The van der Waals surface area contributed by atoms with E-state index < -0.39 is 6.10 Å². The average molecular weight is 853 g/mol. The first-order valence-electron chi connectivity index (χ1n) is 26.3. The summed E-state index contributed by atoms with van der Waals surface area (Å²) in [5.41, 5.74) is 0. The van der Waals surface area contributed by atoms with Crippen molar-refractivity contribution < 1.29 is 24.2 Å². The molecule has 0 fully saturated rings. The second-order valence-electron chi connectivity index (χ2n) is 17.6. The molecular formula is C56H100O5. The third-order valence-electron chi connectivity index (χ3n) is 11.5. The van der Waals surface area contributed by atoms with E-state index in [1.807, 2.05) is 0 Å². The fraction of sp³-hybridized carbons (Fsp3) is 0.786. The van der Waals surface area contributed by atoms with Gasteiger partial charge in [-0.3, -0.25) is 9.59 Å². The minimum atomic E-state index is -0.774. The lowest BCUT2D eigenvalue weighted by Gasteiger charge is -2.15. The molecule has 1 atom stereocenters. The number of carbonyl (C=O) groups excluding carboxylic acids is 2. The van der Waals surface area contributed by atoms with Crippen molar-refractivity contribution in [1.29, 1.82) is 0 Å². The first-order chi connectivity index (χ1) is 30.1. The lowest BCUT2D eigenvalue weighted by Crippen LogP contribution is -2.28. The van der Waals surface area contributed by atoms with Gasteiger partial charge in [0.2, 0.25) is 0 Å². The summed E-state index contributed by atoms with van der Waals surface area (Å²) in [7, 11) is 0. The van der Waals surface area contributed by atoms with E-state index in [-0.39, 0.29) is 25.2 Å². The third kappa shape index (κ3) is 50.1. The molecule has 0 aliphatic rings. The zero-order valence-electron chi connectivity index (χ0n) is 40.4. The number of esters is 2. The zero-order valence-corrected chi connectivity index (χ0v) is 40.4. The Bertz CT molecular complexity index is 1060. The van der Waals surface area contributed by atoms with Gasteiger partial charge in [0.25, 0.3) is 0 Å². The van der Waals surface area contributed by atoms with Crippen molar-refractivity contribution in [2.45, 2.75) is 270 Å². The van der Waals surface area contributed by atoms with Gasteiger partial charge in [-0.25, -0.2) is 0 Å². The maximum Gasteiger partial charge on any atom is 0.306 e. The van der Waals surface area contributed by atoms with Crippen molar-refractivity contribution in [1.82, 2.24) is 0 Å². The Kier molecular flexibility index (Phi) is 49.9. The summed E-state index contributed by atoms with van der Waals surface area (Å²) in [6, 6.07) is 0. The molecule has 1 N–H and O–H groups in total. The van der Waals surface area contributed by atoms with Crippen LogP contribution in [0, 0.1) is 0 Å². The average Bonchev–Trinajstić information content (AvgIpc) is 3.26. The zero-order chi connectivity index (χ0) is 44.2. The Morgan fingerprint density at radius 3 is 1.08 bits per heavy atom. The Morgan fingerprint density at radius 1 is 0.393 bits per heavy atom. The van der Waals surface area contributed by atoms with Gasteiger partial charge in [-0.05, 0) is 77.0 Å². The molecule has 0 aromatic carbocycles. The van der Waals surface area contributed by atoms with Crippen LogP contribution in [0.1, 0.15) is 264 Å². The van der Waals surface area contributed by atoms with Crippen LogP contribution in [0.2, 0.25) is 0 Å². The molecule has 0 spiro atoms. The van der Waals surface area contributed by atoms with Crippen LogP contribution in [-0.2, 0) is 19.1 Å². The molecule has 61 heavy (non-hydrogen) atoms. The third-order valence-corrected chi connectivity index (χ3v) is 11.5. The molecule has 354 valence electrons. The molecule has 0 aromatic heterocycles. The summed E-state index contributed by atoms with van der Waals surface area (Å²) in [5, 5.41) is 9.61.